The monoisotopic (exact) mass is 268 g/mol. The molecule has 0 saturated carbocycles. The Kier molecular flexibility index (Phi) is 7.69. The minimum absolute atomic E-state index is 0.768. The second-order valence-electron chi connectivity index (χ2n) is 4.32. The van der Waals surface area contributed by atoms with E-state index in [1.165, 1.54) is 32.4 Å². The molecule has 0 bridgehead atoms. The Morgan fingerprint density at radius 1 is 1.11 bits per heavy atom. The van der Waals surface area contributed by atoms with Gasteiger partial charge in [0.1, 0.15) is 12.4 Å². The van der Waals surface area contributed by atoms with Crippen LogP contribution in [0.15, 0.2) is 24.3 Å². The smallest absolute Gasteiger partial charge is 0.119 e. The van der Waals surface area contributed by atoms with Crippen molar-refractivity contribution in [2.45, 2.75) is 19.3 Å². The van der Waals surface area contributed by atoms with E-state index in [1.807, 2.05) is 24.3 Å². The van der Waals surface area contributed by atoms with Gasteiger partial charge in [-0.15, -0.1) is 0 Å². The summed E-state index contributed by atoms with van der Waals surface area (Å²) in [6, 6.07) is 7.59. The maximum absolute atomic E-state index is 5.67. The van der Waals surface area contributed by atoms with Gasteiger partial charge in [-0.05, 0) is 56.5 Å². The second-order valence-corrected chi connectivity index (χ2v) is 4.32. The molecule has 0 aromatic heterocycles. The average Bonchev–Trinajstić information content (AvgIpc) is 2.44. The topological polar surface area (TPSA) is 38.5 Å². The fourth-order valence-corrected chi connectivity index (χ4v) is 2.04. The molecule has 1 heterocycles. The lowest BCUT2D eigenvalue weighted by atomic mass is 10.1. The van der Waals surface area contributed by atoms with Crippen LogP contribution < -0.4 is 10.5 Å². The summed E-state index contributed by atoms with van der Waals surface area (Å²) in [5, 5.41) is 0. The Morgan fingerprint density at radius 2 is 1.72 bits per heavy atom. The van der Waals surface area contributed by atoms with E-state index in [4.69, 9.17) is 10.5 Å². The number of nitrogens with two attached hydrogens (primary N) is 1. The Balaban J connectivity index is 0.000000771. The van der Waals surface area contributed by atoms with Crippen LogP contribution in [-0.4, -0.2) is 37.4 Å². The average molecular weight is 268 g/mol. The zero-order valence-corrected chi connectivity index (χ0v) is 12.0. The molecule has 1 aromatic carbocycles. The number of likely N-dealkylation sites (tertiary alicyclic amines) is 1. The number of benzene rings is 1. The third-order valence-electron chi connectivity index (χ3n) is 3.01. The first kappa shape index (κ1) is 15.2. The van der Waals surface area contributed by atoms with Gasteiger partial charge in [0.05, 0.1) is 0 Å². The fraction of sp³-hybridized carbons (Fsp3) is 0.571. The lowest BCUT2D eigenvalue weighted by Crippen LogP contribution is -2.33. The van der Waals surface area contributed by atoms with E-state index in [2.05, 4.69) is 17.5 Å². The van der Waals surface area contributed by atoms with E-state index in [9.17, 15) is 0 Å². The number of nitrogen functional groups attached to an aromatic ring is 1. The zero-order chi connectivity index (χ0) is 13.2. The molecule has 0 amide bonds. The standard InChI is InChI=1S/C13H20N2O.CH4S/c14-12-4-6-13(7-5-12)16-11-10-15-8-2-1-3-9-15;1-2/h4-7H,1-3,8-11,14H2;2H,1H3. The summed E-state index contributed by atoms with van der Waals surface area (Å²) in [6.45, 7) is 4.25. The number of ether oxygens (including phenoxy) is 1. The van der Waals surface area contributed by atoms with E-state index in [0.29, 0.717) is 0 Å². The Morgan fingerprint density at radius 3 is 2.33 bits per heavy atom. The predicted molar refractivity (Wildman–Crippen MR) is 81.6 cm³/mol. The van der Waals surface area contributed by atoms with Crippen LogP contribution in [0.4, 0.5) is 5.69 Å². The molecule has 1 aromatic rings. The summed E-state index contributed by atoms with van der Waals surface area (Å²) in [5.74, 6) is 0.909. The van der Waals surface area contributed by atoms with Gasteiger partial charge in [-0.25, -0.2) is 0 Å². The molecule has 0 atom stereocenters. The summed E-state index contributed by atoms with van der Waals surface area (Å²) >= 11 is 3.53. The molecule has 18 heavy (non-hydrogen) atoms. The largest absolute Gasteiger partial charge is 0.492 e. The highest BCUT2D eigenvalue weighted by atomic mass is 32.1. The maximum atomic E-state index is 5.67. The summed E-state index contributed by atoms with van der Waals surface area (Å²) in [5.41, 5.74) is 6.39. The molecule has 1 aliphatic heterocycles. The van der Waals surface area contributed by atoms with Crippen LogP contribution in [0.5, 0.6) is 5.75 Å². The molecule has 4 heteroatoms. The van der Waals surface area contributed by atoms with Gasteiger partial charge in [-0.3, -0.25) is 4.90 Å². The lowest BCUT2D eigenvalue weighted by molar-refractivity contribution is 0.183. The van der Waals surface area contributed by atoms with Crippen molar-refractivity contribution in [1.29, 1.82) is 0 Å². The van der Waals surface area contributed by atoms with E-state index in [1.54, 1.807) is 6.26 Å². The molecule has 3 nitrogen and oxygen atoms in total. The number of hydrogen-bond acceptors (Lipinski definition) is 4. The van der Waals surface area contributed by atoms with E-state index in [-0.39, 0.29) is 0 Å². The molecule has 0 unspecified atom stereocenters. The van der Waals surface area contributed by atoms with Crippen molar-refractivity contribution in [1.82, 2.24) is 4.90 Å². The van der Waals surface area contributed by atoms with E-state index in [0.717, 1.165) is 24.6 Å². The highest BCUT2D eigenvalue weighted by molar-refractivity contribution is 7.79. The van der Waals surface area contributed by atoms with Crippen molar-refractivity contribution >= 4 is 18.3 Å². The van der Waals surface area contributed by atoms with Crippen LogP contribution in [-0.2, 0) is 0 Å². The van der Waals surface area contributed by atoms with Crippen LogP contribution in [0.25, 0.3) is 0 Å². The Labute approximate surface area is 116 Å². The van der Waals surface area contributed by atoms with Gasteiger partial charge in [0.2, 0.25) is 0 Å². The third-order valence-corrected chi connectivity index (χ3v) is 3.01. The molecule has 0 aliphatic carbocycles. The van der Waals surface area contributed by atoms with Crippen LogP contribution >= 0.6 is 12.6 Å². The molecule has 2 N–H and O–H groups in total. The summed E-state index contributed by atoms with van der Waals surface area (Å²) in [4.78, 5) is 2.47. The van der Waals surface area contributed by atoms with Crippen LogP contribution in [0.2, 0.25) is 0 Å². The fourth-order valence-electron chi connectivity index (χ4n) is 2.04. The molecular weight excluding hydrogens is 244 g/mol. The van der Waals surface area contributed by atoms with Crippen molar-refractivity contribution in [2.24, 2.45) is 0 Å². The summed E-state index contributed by atoms with van der Waals surface area (Å²) in [6.07, 6.45) is 5.75. The number of anilines is 1. The number of rotatable bonds is 4. The third kappa shape index (κ3) is 5.65. The van der Waals surface area contributed by atoms with E-state index < -0.39 is 0 Å². The molecule has 1 aliphatic rings. The molecule has 0 spiro atoms. The first-order chi connectivity index (χ1) is 8.84. The lowest BCUT2D eigenvalue weighted by Gasteiger charge is -2.26. The SMILES string of the molecule is CS.Nc1ccc(OCCN2CCCCC2)cc1. The number of thiol groups is 1. The van der Waals surface area contributed by atoms with Gasteiger partial charge in [-0.2, -0.15) is 12.6 Å². The molecule has 1 fully saturated rings. The molecule has 102 valence electrons. The minimum atomic E-state index is 0.768. The second kappa shape index (κ2) is 9.11. The molecular formula is C14H24N2OS. The summed E-state index contributed by atoms with van der Waals surface area (Å²) < 4.78 is 5.67. The normalized spacial score (nSPS) is 15.7. The minimum Gasteiger partial charge on any atom is -0.492 e. The van der Waals surface area contributed by atoms with Gasteiger partial charge in [0.15, 0.2) is 0 Å². The number of hydrogen-bond donors (Lipinski definition) is 2. The predicted octanol–water partition coefficient (Wildman–Crippen LogP) is 2.68. The van der Waals surface area contributed by atoms with Crippen LogP contribution in [0.1, 0.15) is 19.3 Å². The van der Waals surface area contributed by atoms with Crippen molar-refractivity contribution in [3.05, 3.63) is 24.3 Å². The number of piperidine rings is 1. The highest BCUT2D eigenvalue weighted by Crippen LogP contribution is 2.13. The number of nitrogens with zero attached hydrogens (tertiary/aromatic N) is 1. The van der Waals surface area contributed by atoms with Crippen LogP contribution in [0, 0.1) is 0 Å². The van der Waals surface area contributed by atoms with Gasteiger partial charge in [0.25, 0.3) is 0 Å². The maximum Gasteiger partial charge on any atom is 0.119 e. The van der Waals surface area contributed by atoms with Crippen molar-refractivity contribution in [2.75, 3.05) is 38.2 Å². The Hall–Kier alpha value is -0.870. The summed E-state index contributed by atoms with van der Waals surface area (Å²) in [7, 11) is 0. The molecule has 0 radical (unpaired) electrons. The quantitative estimate of drug-likeness (QED) is 0.651. The van der Waals surface area contributed by atoms with Crippen molar-refractivity contribution in [3.8, 4) is 5.75 Å². The van der Waals surface area contributed by atoms with Gasteiger partial charge >= 0.3 is 0 Å². The zero-order valence-electron chi connectivity index (χ0n) is 11.1. The first-order valence-corrected chi connectivity index (χ1v) is 7.39. The highest BCUT2D eigenvalue weighted by Gasteiger charge is 2.09. The molecule has 1 saturated heterocycles. The van der Waals surface area contributed by atoms with Gasteiger partial charge in [0, 0.05) is 12.2 Å². The first-order valence-electron chi connectivity index (χ1n) is 6.50. The van der Waals surface area contributed by atoms with E-state index >= 15 is 0 Å². The van der Waals surface area contributed by atoms with Crippen molar-refractivity contribution < 1.29 is 4.74 Å². The Bertz CT molecular complexity index is 310. The van der Waals surface area contributed by atoms with Gasteiger partial charge < -0.3 is 10.5 Å². The molecule has 2 rings (SSSR count). The van der Waals surface area contributed by atoms with Crippen LogP contribution in [0.3, 0.4) is 0 Å². The van der Waals surface area contributed by atoms with Crippen molar-refractivity contribution in [3.63, 3.8) is 0 Å². The van der Waals surface area contributed by atoms with Gasteiger partial charge in [-0.1, -0.05) is 6.42 Å².